The van der Waals surface area contributed by atoms with Crippen LogP contribution in [-0.2, 0) is 14.8 Å². The summed E-state index contributed by atoms with van der Waals surface area (Å²) < 4.78 is 33.2. The maximum absolute atomic E-state index is 12.6. The van der Waals surface area contributed by atoms with Crippen LogP contribution in [0, 0.1) is 0 Å². The minimum atomic E-state index is -3.55. The Morgan fingerprint density at radius 3 is 2.31 bits per heavy atom. The second-order valence-electron chi connectivity index (χ2n) is 6.46. The summed E-state index contributed by atoms with van der Waals surface area (Å²) in [5.74, 6) is 0. The van der Waals surface area contributed by atoms with Crippen molar-refractivity contribution in [2.24, 2.45) is 0 Å². The van der Waals surface area contributed by atoms with Gasteiger partial charge in [-0.2, -0.15) is 0 Å². The summed E-state index contributed by atoms with van der Waals surface area (Å²) in [5.41, 5.74) is 1.74. The number of hydrogen-bond donors (Lipinski definition) is 2. The van der Waals surface area contributed by atoms with Crippen LogP contribution < -0.4 is 10.0 Å². The van der Waals surface area contributed by atoms with Gasteiger partial charge in [0.15, 0.2) is 0 Å². The molecule has 1 atom stereocenters. The van der Waals surface area contributed by atoms with Gasteiger partial charge in [-0.15, -0.1) is 12.4 Å². The summed E-state index contributed by atoms with van der Waals surface area (Å²) in [6.07, 6.45) is 1.92. The van der Waals surface area contributed by atoms with Crippen LogP contribution in [0.2, 0.25) is 0 Å². The third-order valence-corrected chi connectivity index (χ3v) is 6.04. The van der Waals surface area contributed by atoms with Gasteiger partial charge in [-0.3, -0.25) is 0 Å². The second-order valence-corrected chi connectivity index (χ2v) is 8.23. The molecule has 142 valence electrons. The fourth-order valence-corrected chi connectivity index (χ4v) is 4.37. The molecule has 0 radical (unpaired) electrons. The first-order valence-electron chi connectivity index (χ1n) is 8.44. The topological polar surface area (TPSA) is 67.4 Å². The van der Waals surface area contributed by atoms with Crippen LogP contribution in [0.4, 0.5) is 0 Å². The number of sulfonamides is 1. The van der Waals surface area contributed by atoms with Gasteiger partial charge in [0.05, 0.1) is 17.0 Å². The van der Waals surface area contributed by atoms with Crippen molar-refractivity contribution < 1.29 is 13.2 Å². The smallest absolute Gasteiger partial charge is 0.240 e. The predicted octanol–water partition coefficient (Wildman–Crippen LogP) is 2.82. The Morgan fingerprint density at radius 2 is 1.73 bits per heavy atom. The molecule has 1 aliphatic rings. The molecule has 2 aromatic carbocycles. The number of halogens is 1. The predicted molar refractivity (Wildman–Crippen MR) is 106 cm³/mol. The first-order valence-corrected chi connectivity index (χ1v) is 9.92. The van der Waals surface area contributed by atoms with Gasteiger partial charge in [-0.05, 0) is 42.6 Å². The monoisotopic (exact) mass is 396 g/mol. The quantitative estimate of drug-likeness (QED) is 0.755. The summed E-state index contributed by atoms with van der Waals surface area (Å²) >= 11 is 0. The molecule has 0 bridgehead atoms. The van der Waals surface area contributed by atoms with E-state index in [1.165, 1.54) is 0 Å². The molecule has 0 aromatic heterocycles. The molecule has 0 spiro atoms. The number of ether oxygens (including phenoxy) is 1. The normalized spacial score (nSPS) is 19.9. The fourth-order valence-electron chi connectivity index (χ4n) is 3.24. The van der Waals surface area contributed by atoms with Crippen LogP contribution in [0.25, 0.3) is 11.1 Å². The van der Waals surface area contributed by atoms with Crippen molar-refractivity contribution in [3.63, 3.8) is 0 Å². The Balaban J connectivity index is 0.00000243. The van der Waals surface area contributed by atoms with E-state index < -0.39 is 10.0 Å². The van der Waals surface area contributed by atoms with Gasteiger partial charge in [0.1, 0.15) is 0 Å². The van der Waals surface area contributed by atoms with Crippen LogP contribution in [0.1, 0.15) is 12.8 Å². The average molecular weight is 397 g/mol. The maximum Gasteiger partial charge on any atom is 0.240 e. The summed E-state index contributed by atoms with van der Waals surface area (Å²) in [4.78, 5) is 0.276. The van der Waals surface area contributed by atoms with Crippen LogP contribution in [0.15, 0.2) is 59.5 Å². The van der Waals surface area contributed by atoms with E-state index in [9.17, 15) is 8.42 Å². The highest BCUT2D eigenvalue weighted by molar-refractivity contribution is 7.89. The van der Waals surface area contributed by atoms with Crippen molar-refractivity contribution in [2.45, 2.75) is 23.3 Å². The molecular formula is C19H25ClN2O3S. The third-order valence-electron chi connectivity index (χ3n) is 4.63. The van der Waals surface area contributed by atoms with Crippen LogP contribution in [0.5, 0.6) is 0 Å². The van der Waals surface area contributed by atoms with E-state index in [0.29, 0.717) is 13.2 Å². The van der Waals surface area contributed by atoms with Gasteiger partial charge in [0.25, 0.3) is 0 Å². The van der Waals surface area contributed by atoms with Crippen LogP contribution >= 0.6 is 12.4 Å². The molecule has 0 amide bonds. The molecule has 1 aliphatic heterocycles. The van der Waals surface area contributed by atoms with Gasteiger partial charge >= 0.3 is 0 Å². The SMILES string of the molecule is COCC1(CNS(=O)(=O)c2ccc(-c3ccccc3)cc2)CCCN1.Cl. The van der Waals surface area contributed by atoms with E-state index in [4.69, 9.17) is 4.74 Å². The van der Waals surface area contributed by atoms with Gasteiger partial charge in [-0.25, -0.2) is 13.1 Å². The molecule has 0 saturated carbocycles. The largest absolute Gasteiger partial charge is 0.383 e. The Morgan fingerprint density at radius 1 is 1.08 bits per heavy atom. The van der Waals surface area contributed by atoms with Crippen LogP contribution in [-0.4, -0.2) is 40.8 Å². The van der Waals surface area contributed by atoms with Gasteiger partial charge in [0, 0.05) is 13.7 Å². The highest BCUT2D eigenvalue weighted by Crippen LogP contribution is 2.22. The Bertz CT molecular complexity index is 789. The van der Waals surface area contributed by atoms with Gasteiger partial charge < -0.3 is 10.1 Å². The number of benzene rings is 2. The van der Waals surface area contributed by atoms with Crippen molar-refractivity contribution in [3.05, 3.63) is 54.6 Å². The molecule has 2 N–H and O–H groups in total. The number of nitrogens with one attached hydrogen (secondary N) is 2. The minimum Gasteiger partial charge on any atom is -0.383 e. The molecule has 0 aliphatic carbocycles. The first-order chi connectivity index (χ1) is 12.0. The lowest BCUT2D eigenvalue weighted by atomic mass is 9.99. The zero-order valence-electron chi connectivity index (χ0n) is 14.8. The maximum atomic E-state index is 12.6. The molecule has 3 rings (SSSR count). The molecule has 1 heterocycles. The highest BCUT2D eigenvalue weighted by atomic mass is 35.5. The number of hydrogen-bond acceptors (Lipinski definition) is 4. The molecular weight excluding hydrogens is 372 g/mol. The molecule has 1 fully saturated rings. The van der Waals surface area contributed by atoms with Crippen molar-refractivity contribution in [1.82, 2.24) is 10.0 Å². The van der Waals surface area contributed by atoms with Crippen molar-refractivity contribution in [3.8, 4) is 11.1 Å². The highest BCUT2D eigenvalue weighted by Gasteiger charge is 2.34. The lowest BCUT2D eigenvalue weighted by Crippen LogP contribution is -2.52. The van der Waals surface area contributed by atoms with E-state index in [2.05, 4.69) is 10.0 Å². The summed E-state index contributed by atoms with van der Waals surface area (Å²) in [7, 11) is -1.91. The summed E-state index contributed by atoms with van der Waals surface area (Å²) in [6.45, 7) is 1.70. The third kappa shape index (κ3) is 4.84. The standard InChI is InChI=1S/C19H24N2O3S.ClH/c1-24-15-19(12-5-13-20-19)14-21-25(22,23)18-10-8-17(9-11-18)16-6-3-2-4-7-16;/h2-4,6-11,20-21H,5,12-15H2,1H3;1H. The summed E-state index contributed by atoms with van der Waals surface area (Å²) in [6, 6.07) is 16.9. The first kappa shape index (κ1) is 20.9. The zero-order valence-corrected chi connectivity index (χ0v) is 16.4. The fraction of sp³-hybridized carbons (Fsp3) is 0.368. The second kappa shape index (κ2) is 8.97. The number of methoxy groups -OCH3 is 1. The molecule has 26 heavy (non-hydrogen) atoms. The van der Waals surface area contributed by atoms with Gasteiger partial charge in [-0.1, -0.05) is 42.5 Å². The lowest BCUT2D eigenvalue weighted by Gasteiger charge is -2.28. The van der Waals surface area contributed by atoms with E-state index in [1.807, 2.05) is 42.5 Å². The Kier molecular flexibility index (Phi) is 7.20. The average Bonchev–Trinajstić information content (AvgIpc) is 3.10. The lowest BCUT2D eigenvalue weighted by molar-refractivity contribution is 0.122. The van der Waals surface area contributed by atoms with E-state index in [1.54, 1.807) is 19.2 Å². The van der Waals surface area contributed by atoms with Crippen LogP contribution in [0.3, 0.4) is 0 Å². The zero-order chi connectivity index (χ0) is 17.8. The van der Waals surface area contributed by atoms with E-state index in [-0.39, 0.29) is 22.8 Å². The van der Waals surface area contributed by atoms with E-state index >= 15 is 0 Å². The van der Waals surface area contributed by atoms with Crippen molar-refractivity contribution >= 4 is 22.4 Å². The van der Waals surface area contributed by atoms with Crippen molar-refractivity contribution in [1.29, 1.82) is 0 Å². The molecule has 1 unspecified atom stereocenters. The Labute approximate surface area is 161 Å². The number of rotatable bonds is 7. The van der Waals surface area contributed by atoms with Crippen molar-refractivity contribution in [2.75, 3.05) is 26.8 Å². The molecule has 5 nitrogen and oxygen atoms in total. The minimum absolute atomic E-state index is 0. The molecule has 2 aromatic rings. The van der Waals surface area contributed by atoms with E-state index in [0.717, 1.165) is 30.5 Å². The molecule has 1 saturated heterocycles. The van der Waals surface area contributed by atoms with Gasteiger partial charge in [0.2, 0.25) is 10.0 Å². The summed E-state index contributed by atoms with van der Waals surface area (Å²) in [5, 5.41) is 3.37. The molecule has 7 heteroatoms. The Hall–Kier alpha value is -1.44.